The molecule has 6 heteroatoms. The van der Waals surface area contributed by atoms with E-state index in [1.807, 2.05) is 18.2 Å². The minimum atomic E-state index is -0.0469. The number of aromatic amines is 1. The number of anilines is 2. The molecular weight excluding hydrogens is 260 g/mol. The molecule has 0 aliphatic rings. The second kappa shape index (κ2) is 4.74. The minimum absolute atomic E-state index is 0.0469. The first kappa shape index (κ1) is 11.7. The molecule has 0 fully saturated rings. The highest BCUT2D eigenvalue weighted by atomic mass is 32.1. The Morgan fingerprint density at radius 3 is 3.05 bits per heavy atom. The molecule has 0 aliphatic carbocycles. The Hall–Kier alpha value is -2.34. The van der Waals surface area contributed by atoms with Gasteiger partial charge in [0.25, 0.3) is 0 Å². The second-order valence-electron chi connectivity index (χ2n) is 4.15. The molecule has 0 saturated carbocycles. The van der Waals surface area contributed by atoms with Crippen LogP contribution in [0.5, 0.6) is 0 Å². The van der Waals surface area contributed by atoms with Gasteiger partial charge >= 0.3 is 4.87 Å². The van der Waals surface area contributed by atoms with Gasteiger partial charge in [-0.15, -0.1) is 0 Å². The summed E-state index contributed by atoms with van der Waals surface area (Å²) in [4.78, 5) is 17.8. The lowest BCUT2D eigenvalue weighted by molar-refractivity contribution is 1.06. The maximum Gasteiger partial charge on any atom is 0.304 e. The standard InChI is InChI=1S/C13H12N4OS/c14-12-10-3-4-15-5-8(10)1-2-11(12)16-6-9-7-19-13(18)17-9/h1-5,7,16H,6,14H2,(H,17,18). The summed E-state index contributed by atoms with van der Waals surface area (Å²) < 4.78 is 0. The molecule has 0 bridgehead atoms. The lowest BCUT2D eigenvalue weighted by Gasteiger charge is -2.10. The van der Waals surface area contributed by atoms with E-state index < -0.39 is 0 Å². The van der Waals surface area contributed by atoms with Crippen molar-refractivity contribution in [3.05, 3.63) is 51.3 Å². The van der Waals surface area contributed by atoms with Crippen LogP contribution in [0.15, 0.2) is 40.8 Å². The van der Waals surface area contributed by atoms with E-state index in [1.165, 1.54) is 0 Å². The van der Waals surface area contributed by atoms with Gasteiger partial charge in [-0.2, -0.15) is 0 Å². The number of rotatable bonds is 3. The number of benzene rings is 1. The zero-order valence-corrected chi connectivity index (χ0v) is 10.8. The highest BCUT2D eigenvalue weighted by molar-refractivity contribution is 7.07. The van der Waals surface area contributed by atoms with Crippen molar-refractivity contribution < 1.29 is 0 Å². The van der Waals surface area contributed by atoms with Gasteiger partial charge in [0, 0.05) is 34.2 Å². The van der Waals surface area contributed by atoms with Gasteiger partial charge in [-0.05, 0) is 12.1 Å². The molecule has 0 spiro atoms. The van der Waals surface area contributed by atoms with Crippen LogP contribution in [0, 0.1) is 0 Å². The first-order valence-electron chi connectivity index (χ1n) is 5.77. The Labute approximate surface area is 113 Å². The summed E-state index contributed by atoms with van der Waals surface area (Å²) in [5, 5.41) is 7.01. The Kier molecular flexibility index (Phi) is 2.92. The van der Waals surface area contributed by atoms with E-state index in [0.717, 1.165) is 33.5 Å². The van der Waals surface area contributed by atoms with Crippen LogP contribution in [0.25, 0.3) is 10.8 Å². The lowest BCUT2D eigenvalue weighted by atomic mass is 10.1. The molecule has 2 heterocycles. The highest BCUT2D eigenvalue weighted by Crippen LogP contribution is 2.28. The Morgan fingerprint density at radius 2 is 2.26 bits per heavy atom. The minimum Gasteiger partial charge on any atom is -0.397 e. The fraction of sp³-hybridized carbons (Fsp3) is 0.0769. The van der Waals surface area contributed by atoms with Crippen molar-refractivity contribution >= 4 is 33.5 Å². The van der Waals surface area contributed by atoms with Gasteiger partial charge in [-0.3, -0.25) is 9.78 Å². The first-order valence-corrected chi connectivity index (χ1v) is 6.65. The van der Waals surface area contributed by atoms with E-state index in [2.05, 4.69) is 15.3 Å². The van der Waals surface area contributed by atoms with Crippen LogP contribution in [-0.4, -0.2) is 9.97 Å². The van der Waals surface area contributed by atoms with Gasteiger partial charge in [0.2, 0.25) is 0 Å². The van der Waals surface area contributed by atoms with E-state index in [1.54, 1.807) is 17.8 Å². The number of hydrogen-bond donors (Lipinski definition) is 3. The van der Waals surface area contributed by atoms with Crippen molar-refractivity contribution in [2.24, 2.45) is 0 Å². The van der Waals surface area contributed by atoms with Crippen LogP contribution in [-0.2, 0) is 6.54 Å². The molecule has 19 heavy (non-hydrogen) atoms. The fourth-order valence-electron chi connectivity index (χ4n) is 1.94. The van der Waals surface area contributed by atoms with Crippen molar-refractivity contribution in [1.82, 2.24) is 9.97 Å². The highest BCUT2D eigenvalue weighted by Gasteiger charge is 2.04. The average molecular weight is 272 g/mol. The van der Waals surface area contributed by atoms with Crippen molar-refractivity contribution in [3.63, 3.8) is 0 Å². The number of aromatic nitrogens is 2. The third-order valence-corrected chi connectivity index (χ3v) is 3.62. The number of fused-ring (bicyclic) bond motifs is 1. The number of nitrogens with two attached hydrogens (primary N) is 1. The molecule has 0 aliphatic heterocycles. The molecule has 0 atom stereocenters. The summed E-state index contributed by atoms with van der Waals surface area (Å²) >= 11 is 1.16. The predicted molar refractivity (Wildman–Crippen MR) is 78.4 cm³/mol. The van der Waals surface area contributed by atoms with Gasteiger partial charge in [0.15, 0.2) is 0 Å². The van der Waals surface area contributed by atoms with E-state index in [9.17, 15) is 4.79 Å². The second-order valence-corrected chi connectivity index (χ2v) is 4.99. The van der Waals surface area contributed by atoms with Crippen molar-refractivity contribution in [2.45, 2.75) is 6.54 Å². The van der Waals surface area contributed by atoms with E-state index in [4.69, 9.17) is 5.73 Å². The fourth-order valence-corrected chi connectivity index (χ4v) is 2.52. The van der Waals surface area contributed by atoms with Crippen LogP contribution in [0.3, 0.4) is 0 Å². The number of nitrogens with one attached hydrogen (secondary N) is 2. The third kappa shape index (κ3) is 2.30. The van der Waals surface area contributed by atoms with Gasteiger partial charge in [0.05, 0.1) is 17.9 Å². The van der Waals surface area contributed by atoms with Crippen molar-refractivity contribution in [2.75, 3.05) is 11.1 Å². The molecule has 0 amide bonds. The molecule has 3 aromatic rings. The quantitative estimate of drug-likeness (QED) is 0.638. The number of H-pyrrole nitrogens is 1. The van der Waals surface area contributed by atoms with Crippen LogP contribution in [0.1, 0.15) is 5.69 Å². The maximum atomic E-state index is 11.0. The monoisotopic (exact) mass is 272 g/mol. The maximum absolute atomic E-state index is 11.0. The molecule has 2 aromatic heterocycles. The first-order chi connectivity index (χ1) is 9.24. The summed E-state index contributed by atoms with van der Waals surface area (Å²) in [7, 11) is 0. The van der Waals surface area contributed by atoms with Crippen molar-refractivity contribution in [1.29, 1.82) is 0 Å². The van der Waals surface area contributed by atoms with Crippen LogP contribution < -0.4 is 15.9 Å². The summed E-state index contributed by atoms with van der Waals surface area (Å²) in [6.45, 7) is 0.541. The summed E-state index contributed by atoms with van der Waals surface area (Å²) in [5.41, 5.74) is 8.52. The Morgan fingerprint density at radius 1 is 1.37 bits per heavy atom. The lowest BCUT2D eigenvalue weighted by Crippen LogP contribution is -2.05. The zero-order chi connectivity index (χ0) is 13.2. The summed E-state index contributed by atoms with van der Waals surface area (Å²) in [5.74, 6) is 0. The Bertz CT molecular complexity index is 777. The molecule has 0 saturated heterocycles. The van der Waals surface area contributed by atoms with Gasteiger partial charge in [0.1, 0.15) is 0 Å². The normalized spacial score (nSPS) is 10.7. The largest absolute Gasteiger partial charge is 0.397 e. The number of nitrogen functional groups attached to an aromatic ring is 1. The van der Waals surface area contributed by atoms with Gasteiger partial charge < -0.3 is 16.0 Å². The van der Waals surface area contributed by atoms with E-state index in [-0.39, 0.29) is 4.87 Å². The van der Waals surface area contributed by atoms with Gasteiger partial charge in [-0.25, -0.2) is 0 Å². The number of nitrogens with zero attached hydrogens (tertiary/aromatic N) is 1. The summed E-state index contributed by atoms with van der Waals surface area (Å²) in [6.07, 6.45) is 3.50. The number of thiazole rings is 1. The predicted octanol–water partition coefficient (Wildman–Crippen LogP) is 2.18. The summed E-state index contributed by atoms with van der Waals surface area (Å²) in [6, 6.07) is 5.78. The van der Waals surface area contributed by atoms with Crippen LogP contribution >= 0.6 is 11.3 Å². The SMILES string of the molecule is Nc1c(NCc2csc(=O)[nH]2)ccc2cnccc12. The molecule has 5 nitrogen and oxygen atoms in total. The topological polar surface area (TPSA) is 83.8 Å². The smallest absolute Gasteiger partial charge is 0.304 e. The van der Waals surface area contributed by atoms with Gasteiger partial charge in [-0.1, -0.05) is 17.4 Å². The molecule has 0 unspecified atom stereocenters. The van der Waals surface area contributed by atoms with E-state index in [0.29, 0.717) is 12.2 Å². The molecule has 1 aromatic carbocycles. The third-order valence-electron chi connectivity index (χ3n) is 2.90. The zero-order valence-electron chi connectivity index (χ0n) is 10.0. The molecule has 0 radical (unpaired) electrons. The number of pyridine rings is 1. The number of hydrogen-bond acceptors (Lipinski definition) is 5. The Balaban J connectivity index is 1.89. The molecule has 96 valence electrons. The molecule has 3 rings (SSSR count). The van der Waals surface area contributed by atoms with Crippen molar-refractivity contribution in [3.8, 4) is 0 Å². The molecule has 4 N–H and O–H groups in total. The van der Waals surface area contributed by atoms with E-state index >= 15 is 0 Å². The van der Waals surface area contributed by atoms with Crippen LogP contribution in [0.2, 0.25) is 0 Å². The van der Waals surface area contributed by atoms with Crippen LogP contribution in [0.4, 0.5) is 11.4 Å². The molecular formula is C13H12N4OS. The average Bonchev–Trinajstić information content (AvgIpc) is 2.84.